The van der Waals surface area contributed by atoms with Gasteiger partial charge < -0.3 is 5.73 Å². The minimum atomic E-state index is -0.920. The van der Waals surface area contributed by atoms with Crippen LogP contribution in [0.2, 0.25) is 0 Å². The van der Waals surface area contributed by atoms with Gasteiger partial charge in [-0.25, -0.2) is 8.78 Å². The largest absolute Gasteiger partial charge is 0.398 e. The minimum absolute atomic E-state index is 0.126. The Balaban J connectivity index is 2.59. The Kier molecular flexibility index (Phi) is 2.75. The number of nitrogens with zero attached hydrogens (tertiary/aromatic N) is 1. The van der Waals surface area contributed by atoms with Crippen molar-refractivity contribution >= 4 is 5.69 Å². The fraction of sp³-hybridized carbons (Fsp3) is 0. The predicted octanol–water partition coefficient (Wildman–Crippen LogP) is 3.09. The van der Waals surface area contributed by atoms with Crippen molar-refractivity contribution in [2.24, 2.45) is 0 Å². The zero-order valence-corrected chi connectivity index (χ0v) is 8.74. The molecule has 2 nitrogen and oxygen atoms in total. The zero-order chi connectivity index (χ0) is 12.4. The van der Waals surface area contributed by atoms with Crippen LogP contribution in [-0.2, 0) is 0 Å². The summed E-state index contributed by atoms with van der Waals surface area (Å²) in [5, 5.41) is 8.71. The Morgan fingerprint density at radius 2 is 1.88 bits per heavy atom. The molecule has 0 unspecified atom stereocenters. The number of rotatable bonds is 1. The number of nitrogen functional groups attached to an aromatic ring is 1. The molecule has 0 saturated carbocycles. The number of nitrogens with two attached hydrogens (primary N) is 1. The van der Waals surface area contributed by atoms with E-state index in [2.05, 4.69) is 0 Å². The van der Waals surface area contributed by atoms with E-state index < -0.39 is 11.6 Å². The molecule has 4 heteroatoms. The van der Waals surface area contributed by atoms with Crippen molar-refractivity contribution in [3.63, 3.8) is 0 Å². The minimum Gasteiger partial charge on any atom is -0.398 e. The van der Waals surface area contributed by atoms with E-state index in [4.69, 9.17) is 11.0 Å². The van der Waals surface area contributed by atoms with Gasteiger partial charge in [-0.1, -0.05) is 18.2 Å². The third-order valence-corrected chi connectivity index (χ3v) is 2.43. The van der Waals surface area contributed by atoms with Gasteiger partial charge in [-0.05, 0) is 23.8 Å². The van der Waals surface area contributed by atoms with E-state index >= 15 is 0 Å². The summed E-state index contributed by atoms with van der Waals surface area (Å²) in [5.74, 6) is -1.83. The Morgan fingerprint density at radius 1 is 1.12 bits per heavy atom. The lowest BCUT2D eigenvalue weighted by Gasteiger charge is -2.06. The first-order valence-corrected chi connectivity index (χ1v) is 4.87. The van der Waals surface area contributed by atoms with Gasteiger partial charge in [0, 0.05) is 5.56 Å². The highest BCUT2D eigenvalue weighted by Gasteiger charge is 2.10. The quantitative estimate of drug-likeness (QED) is 0.765. The maximum atomic E-state index is 13.5. The van der Waals surface area contributed by atoms with E-state index in [9.17, 15) is 8.78 Å². The second-order valence-corrected chi connectivity index (χ2v) is 3.52. The average Bonchev–Trinajstić information content (AvgIpc) is 2.32. The van der Waals surface area contributed by atoms with Crippen LogP contribution in [0.1, 0.15) is 5.56 Å². The summed E-state index contributed by atoms with van der Waals surface area (Å²) < 4.78 is 26.6. The number of nitriles is 1. The van der Waals surface area contributed by atoms with E-state index in [0.717, 1.165) is 6.07 Å². The highest BCUT2D eigenvalue weighted by Crippen LogP contribution is 2.27. The molecule has 0 aliphatic carbocycles. The molecule has 0 aromatic heterocycles. The molecule has 2 aromatic rings. The number of anilines is 1. The molecule has 0 amide bonds. The van der Waals surface area contributed by atoms with Gasteiger partial charge >= 0.3 is 0 Å². The SMILES string of the molecule is N#Cc1ccc(-c2cccc(F)c2F)cc1N. The van der Waals surface area contributed by atoms with Gasteiger partial charge in [0.05, 0.1) is 11.3 Å². The molecule has 0 spiro atoms. The van der Waals surface area contributed by atoms with Crippen LogP contribution in [0, 0.1) is 23.0 Å². The lowest BCUT2D eigenvalue weighted by molar-refractivity contribution is 0.511. The monoisotopic (exact) mass is 230 g/mol. The summed E-state index contributed by atoms with van der Waals surface area (Å²) in [7, 11) is 0. The van der Waals surface area contributed by atoms with Gasteiger partial charge in [0.15, 0.2) is 11.6 Å². The Labute approximate surface area is 96.9 Å². The maximum absolute atomic E-state index is 13.5. The molecule has 0 aliphatic rings. The molecule has 0 radical (unpaired) electrons. The van der Waals surface area contributed by atoms with Crippen LogP contribution in [0.15, 0.2) is 36.4 Å². The Hall–Kier alpha value is -2.41. The van der Waals surface area contributed by atoms with Crippen LogP contribution in [-0.4, -0.2) is 0 Å². The van der Waals surface area contributed by atoms with Gasteiger partial charge in [0.25, 0.3) is 0 Å². The smallest absolute Gasteiger partial charge is 0.166 e. The van der Waals surface area contributed by atoms with E-state index in [1.165, 1.54) is 30.3 Å². The third-order valence-electron chi connectivity index (χ3n) is 2.43. The molecule has 17 heavy (non-hydrogen) atoms. The molecule has 0 aliphatic heterocycles. The fourth-order valence-corrected chi connectivity index (χ4v) is 1.56. The van der Waals surface area contributed by atoms with Crippen LogP contribution in [0.4, 0.5) is 14.5 Å². The van der Waals surface area contributed by atoms with Gasteiger partial charge in [-0.3, -0.25) is 0 Å². The Bertz CT molecular complexity index is 615. The molecule has 2 N–H and O–H groups in total. The van der Waals surface area contributed by atoms with E-state index in [1.807, 2.05) is 6.07 Å². The molecule has 0 fully saturated rings. The predicted molar refractivity (Wildman–Crippen MR) is 60.9 cm³/mol. The summed E-state index contributed by atoms with van der Waals surface area (Å²) >= 11 is 0. The Morgan fingerprint density at radius 3 is 2.53 bits per heavy atom. The lowest BCUT2D eigenvalue weighted by atomic mass is 10.0. The molecule has 0 saturated heterocycles. The van der Waals surface area contributed by atoms with Crippen molar-refractivity contribution in [1.29, 1.82) is 5.26 Å². The standard InChI is InChI=1S/C13H8F2N2/c14-11-3-1-2-10(13(11)15)8-4-5-9(7-16)12(17)6-8/h1-6H,17H2. The number of halogens is 2. The van der Waals surface area contributed by atoms with E-state index in [1.54, 1.807) is 0 Å². The first kappa shape index (κ1) is 11.1. The first-order chi connectivity index (χ1) is 8.13. The molecular formula is C13H8F2N2. The van der Waals surface area contributed by atoms with E-state index in [-0.39, 0.29) is 11.3 Å². The van der Waals surface area contributed by atoms with Crippen molar-refractivity contribution in [3.05, 3.63) is 53.6 Å². The summed E-state index contributed by atoms with van der Waals surface area (Å²) in [5.41, 5.74) is 6.74. The number of benzene rings is 2. The van der Waals surface area contributed by atoms with Crippen LogP contribution >= 0.6 is 0 Å². The highest BCUT2D eigenvalue weighted by molar-refractivity contribution is 5.71. The van der Waals surface area contributed by atoms with Crippen LogP contribution in [0.5, 0.6) is 0 Å². The molecular weight excluding hydrogens is 222 g/mol. The molecule has 0 atom stereocenters. The topological polar surface area (TPSA) is 49.8 Å². The van der Waals surface area contributed by atoms with Crippen molar-refractivity contribution in [3.8, 4) is 17.2 Å². The van der Waals surface area contributed by atoms with Crippen LogP contribution < -0.4 is 5.73 Å². The van der Waals surface area contributed by atoms with Crippen molar-refractivity contribution < 1.29 is 8.78 Å². The number of hydrogen-bond donors (Lipinski definition) is 1. The van der Waals surface area contributed by atoms with Crippen LogP contribution in [0.25, 0.3) is 11.1 Å². The molecule has 0 heterocycles. The summed E-state index contributed by atoms with van der Waals surface area (Å²) in [6.07, 6.45) is 0. The molecule has 2 aromatic carbocycles. The van der Waals surface area contributed by atoms with Gasteiger partial charge in [0.2, 0.25) is 0 Å². The molecule has 84 valence electrons. The summed E-state index contributed by atoms with van der Waals surface area (Å²) in [6, 6.07) is 10.3. The van der Waals surface area contributed by atoms with E-state index in [0.29, 0.717) is 11.1 Å². The highest BCUT2D eigenvalue weighted by atomic mass is 19.2. The fourth-order valence-electron chi connectivity index (χ4n) is 1.56. The second-order valence-electron chi connectivity index (χ2n) is 3.52. The first-order valence-electron chi connectivity index (χ1n) is 4.87. The van der Waals surface area contributed by atoms with Crippen molar-refractivity contribution in [2.75, 3.05) is 5.73 Å². The van der Waals surface area contributed by atoms with Crippen molar-refractivity contribution in [1.82, 2.24) is 0 Å². The van der Waals surface area contributed by atoms with Crippen molar-refractivity contribution in [2.45, 2.75) is 0 Å². The van der Waals surface area contributed by atoms with Crippen LogP contribution in [0.3, 0.4) is 0 Å². The van der Waals surface area contributed by atoms with Gasteiger partial charge in [-0.15, -0.1) is 0 Å². The normalized spacial score (nSPS) is 9.94. The molecule has 0 bridgehead atoms. The summed E-state index contributed by atoms with van der Waals surface area (Å²) in [4.78, 5) is 0. The van der Waals surface area contributed by atoms with Gasteiger partial charge in [0.1, 0.15) is 6.07 Å². The number of hydrogen-bond acceptors (Lipinski definition) is 2. The maximum Gasteiger partial charge on any atom is 0.166 e. The zero-order valence-electron chi connectivity index (χ0n) is 8.74. The third kappa shape index (κ3) is 1.95. The van der Waals surface area contributed by atoms with Gasteiger partial charge in [-0.2, -0.15) is 5.26 Å². The summed E-state index contributed by atoms with van der Waals surface area (Å²) in [6.45, 7) is 0. The second kappa shape index (κ2) is 4.22. The molecule has 2 rings (SSSR count). The lowest BCUT2D eigenvalue weighted by Crippen LogP contribution is -1.93. The average molecular weight is 230 g/mol.